The van der Waals surface area contributed by atoms with Gasteiger partial charge < -0.3 is 15.1 Å². The second kappa shape index (κ2) is 5.00. The fourth-order valence-corrected chi connectivity index (χ4v) is 2.30. The van der Waals surface area contributed by atoms with Crippen LogP contribution in [0.15, 0.2) is 22.6 Å². The van der Waals surface area contributed by atoms with Crippen LogP contribution >= 0.6 is 0 Å². The molecule has 3 rings (SSSR count). The molecule has 0 bridgehead atoms. The van der Waals surface area contributed by atoms with Crippen LogP contribution in [0.5, 0.6) is 0 Å². The van der Waals surface area contributed by atoms with Gasteiger partial charge in [-0.25, -0.2) is 4.98 Å². The number of aryl methyl sites for hydroxylation is 2. The maximum Gasteiger partial charge on any atom is 0.251 e. The van der Waals surface area contributed by atoms with Gasteiger partial charge in [-0.15, -0.1) is 0 Å². The van der Waals surface area contributed by atoms with Gasteiger partial charge >= 0.3 is 0 Å². The average molecular weight is 271 g/mol. The number of hydrogen-bond acceptors (Lipinski definition) is 4. The summed E-state index contributed by atoms with van der Waals surface area (Å²) in [6.45, 7) is 4.99. The van der Waals surface area contributed by atoms with E-state index in [2.05, 4.69) is 15.6 Å². The van der Waals surface area contributed by atoms with Crippen molar-refractivity contribution in [3.8, 4) is 0 Å². The number of benzene rings is 1. The van der Waals surface area contributed by atoms with Crippen LogP contribution in [-0.4, -0.2) is 17.4 Å². The molecular weight excluding hydrogens is 254 g/mol. The summed E-state index contributed by atoms with van der Waals surface area (Å²) >= 11 is 0. The largest absolute Gasteiger partial charge is 0.444 e. The van der Waals surface area contributed by atoms with Gasteiger partial charge in [-0.1, -0.05) is 6.07 Å². The zero-order valence-corrected chi connectivity index (χ0v) is 11.6. The summed E-state index contributed by atoms with van der Waals surface area (Å²) in [5, 5.41) is 6.09. The number of nitrogens with zero attached hydrogens (tertiary/aromatic N) is 1. The molecule has 0 saturated carbocycles. The summed E-state index contributed by atoms with van der Waals surface area (Å²) in [5.74, 6) is 1.21. The van der Waals surface area contributed by atoms with Gasteiger partial charge in [0.25, 0.3) is 5.91 Å². The SMILES string of the molecule is Cc1nc(CNC(=O)c2ccc3c(c2)NCC3)oc1C. The lowest BCUT2D eigenvalue weighted by molar-refractivity contribution is 0.0947. The molecule has 5 heteroatoms. The number of rotatable bonds is 3. The first-order valence-corrected chi connectivity index (χ1v) is 6.71. The predicted molar refractivity (Wildman–Crippen MR) is 75.8 cm³/mol. The second-order valence-corrected chi connectivity index (χ2v) is 4.98. The summed E-state index contributed by atoms with van der Waals surface area (Å²) in [7, 11) is 0. The molecule has 0 radical (unpaired) electrons. The lowest BCUT2D eigenvalue weighted by Crippen LogP contribution is -2.23. The quantitative estimate of drug-likeness (QED) is 0.898. The number of amides is 1. The van der Waals surface area contributed by atoms with E-state index in [1.54, 1.807) is 0 Å². The number of fused-ring (bicyclic) bond motifs is 1. The van der Waals surface area contributed by atoms with E-state index < -0.39 is 0 Å². The summed E-state index contributed by atoms with van der Waals surface area (Å²) < 4.78 is 5.44. The number of anilines is 1. The topological polar surface area (TPSA) is 67.2 Å². The molecular formula is C15H17N3O2. The van der Waals surface area contributed by atoms with Gasteiger partial charge in [0.15, 0.2) is 0 Å². The highest BCUT2D eigenvalue weighted by atomic mass is 16.4. The fourth-order valence-electron chi connectivity index (χ4n) is 2.30. The van der Waals surface area contributed by atoms with E-state index in [1.165, 1.54) is 5.56 Å². The van der Waals surface area contributed by atoms with Crippen molar-refractivity contribution in [1.82, 2.24) is 10.3 Å². The van der Waals surface area contributed by atoms with Gasteiger partial charge in [0, 0.05) is 17.8 Å². The number of nitrogens with one attached hydrogen (secondary N) is 2. The molecule has 1 aromatic heterocycles. The molecule has 0 fully saturated rings. The molecule has 1 aliphatic heterocycles. The molecule has 20 heavy (non-hydrogen) atoms. The average Bonchev–Trinajstić information content (AvgIpc) is 3.02. The summed E-state index contributed by atoms with van der Waals surface area (Å²) in [4.78, 5) is 16.3. The van der Waals surface area contributed by atoms with Crippen LogP contribution in [-0.2, 0) is 13.0 Å². The van der Waals surface area contributed by atoms with E-state index in [9.17, 15) is 4.79 Å². The fraction of sp³-hybridized carbons (Fsp3) is 0.333. The Hall–Kier alpha value is -2.30. The molecule has 2 N–H and O–H groups in total. The molecule has 5 nitrogen and oxygen atoms in total. The Morgan fingerprint density at radius 2 is 2.30 bits per heavy atom. The third-order valence-corrected chi connectivity index (χ3v) is 3.55. The molecule has 104 valence electrons. The van der Waals surface area contributed by atoms with Gasteiger partial charge in [0.05, 0.1) is 12.2 Å². The Kier molecular flexibility index (Phi) is 3.18. The lowest BCUT2D eigenvalue weighted by atomic mass is 10.1. The summed E-state index contributed by atoms with van der Waals surface area (Å²) in [6, 6.07) is 5.75. The maximum absolute atomic E-state index is 12.1. The van der Waals surface area contributed by atoms with Crippen molar-refractivity contribution in [2.75, 3.05) is 11.9 Å². The van der Waals surface area contributed by atoms with Gasteiger partial charge in [-0.05, 0) is 38.0 Å². The van der Waals surface area contributed by atoms with E-state index in [0.29, 0.717) is 18.0 Å². The Balaban J connectivity index is 1.67. The number of aromatic nitrogens is 1. The number of hydrogen-bond donors (Lipinski definition) is 2. The van der Waals surface area contributed by atoms with Crippen molar-refractivity contribution in [2.24, 2.45) is 0 Å². The zero-order valence-electron chi connectivity index (χ0n) is 11.6. The molecule has 2 aromatic rings. The summed E-state index contributed by atoms with van der Waals surface area (Å²) in [5.41, 5.74) is 3.83. The van der Waals surface area contributed by atoms with E-state index in [1.807, 2.05) is 32.0 Å². The molecule has 0 unspecified atom stereocenters. The Morgan fingerprint density at radius 3 is 3.05 bits per heavy atom. The van der Waals surface area contributed by atoms with Crippen LogP contribution in [0.2, 0.25) is 0 Å². The predicted octanol–water partition coefficient (Wildman–Crippen LogP) is 2.19. The molecule has 0 saturated heterocycles. The first kappa shape index (κ1) is 12.7. The molecule has 0 atom stereocenters. The van der Waals surface area contributed by atoms with Crippen molar-refractivity contribution in [2.45, 2.75) is 26.8 Å². The Labute approximate surface area is 117 Å². The van der Waals surface area contributed by atoms with Crippen molar-refractivity contribution in [1.29, 1.82) is 0 Å². The Bertz CT molecular complexity index is 642. The molecule has 1 aliphatic rings. The van der Waals surface area contributed by atoms with Crippen LogP contribution in [0.3, 0.4) is 0 Å². The monoisotopic (exact) mass is 271 g/mol. The first-order valence-electron chi connectivity index (χ1n) is 6.71. The number of carbonyl (C=O) groups is 1. The summed E-state index contributed by atoms with van der Waals surface area (Å²) in [6.07, 6.45) is 1.02. The molecule has 2 heterocycles. The lowest BCUT2D eigenvalue weighted by Gasteiger charge is -2.05. The van der Waals surface area contributed by atoms with E-state index in [0.717, 1.165) is 30.1 Å². The van der Waals surface area contributed by atoms with E-state index in [-0.39, 0.29) is 5.91 Å². The highest BCUT2D eigenvalue weighted by Crippen LogP contribution is 2.23. The minimum absolute atomic E-state index is 0.116. The standard InChI is InChI=1S/C15H17N3O2/c1-9-10(2)20-14(18-9)8-17-15(19)12-4-3-11-5-6-16-13(11)7-12/h3-4,7,16H,5-6,8H2,1-2H3,(H,17,19). The molecule has 0 aliphatic carbocycles. The van der Waals surface area contributed by atoms with Crippen molar-refractivity contribution in [3.05, 3.63) is 46.7 Å². The third-order valence-electron chi connectivity index (χ3n) is 3.55. The highest BCUT2D eigenvalue weighted by Gasteiger charge is 2.14. The Morgan fingerprint density at radius 1 is 1.45 bits per heavy atom. The van der Waals surface area contributed by atoms with Gasteiger partial charge in [0.1, 0.15) is 5.76 Å². The minimum Gasteiger partial charge on any atom is -0.444 e. The van der Waals surface area contributed by atoms with Crippen LogP contribution in [0.4, 0.5) is 5.69 Å². The van der Waals surface area contributed by atoms with Crippen LogP contribution in [0.25, 0.3) is 0 Å². The molecule has 1 aromatic carbocycles. The van der Waals surface area contributed by atoms with Crippen molar-refractivity contribution in [3.63, 3.8) is 0 Å². The zero-order chi connectivity index (χ0) is 14.1. The van der Waals surface area contributed by atoms with Gasteiger partial charge in [0.2, 0.25) is 5.89 Å². The van der Waals surface area contributed by atoms with Crippen LogP contribution in [0, 0.1) is 13.8 Å². The first-order chi connectivity index (χ1) is 9.63. The van der Waals surface area contributed by atoms with Crippen LogP contribution in [0.1, 0.15) is 33.3 Å². The minimum atomic E-state index is -0.116. The highest BCUT2D eigenvalue weighted by molar-refractivity contribution is 5.95. The number of oxazole rings is 1. The van der Waals surface area contributed by atoms with Crippen molar-refractivity contribution < 1.29 is 9.21 Å². The molecule has 1 amide bonds. The van der Waals surface area contributed by atoms with Crippen molar-refractivity contribution >= 4 is 11.6 Å². The third kappa shape index (κ3) is 2.39. The maximum atomic E-state index is 12.1. The molecule has 0 spiro atoms. The second-order valence-electron chi connectivity index (χ2n) is 4.98. The van der Waals surface area contributed by atoms with E-state index in [4.69, 9.17) is 4.42 Å². The van der Waals surface area contributed by atoms with Gasteiger partial charge in [-0.2, -0.15) is 0 Å². The van der Waals surface area contributed by atoms with E-state index >= 15 is 0 Å². The normalized spacial score (nSPS) is 12.9. The van der Waals surface area contributed by atoms with Crippen LogP contribution < -0.4 is 10.6 Å². The smallest absolute Gasteiger partial charge is 0.251 e. The number of carbonyl (C=O) groups excluding carboxylic acids is 1. The van der Waals surface area contributed by atoms with Gasteiger partial charge in [-0.3, -0.25) is 4.79 Å².